The Morgan fingerprint density at radius 3 is 1.24 bits per heavy atom. The lowest BCUT2D eigenvalue weighted by Crippen LogP contribution is -2.39. The van der Waals surface area contributed by atoms with Crippen molar-refractivity contribution in [2.75, 3.05) is 0 Å². The summed E-state index contributed by atoms with van der Waals surface area (Å²) in [5.41, 5.74) is 0. The fraction of sp³-hybridized carbons (Fsp3) is 1.00. The fourth-order valence-electron chi connectivity index (χ4n) is 4.20. The van der Waals surface area contributed by atoms with Crippen molar-refractivity contribution in [3.63, 3.8) is 0 Å². The Morgan fingerprint density at radius 1 is 0.560 bits per heavy atom. The first-order valence-electron chi connectivity index (χ1n) is 11.7. The van der Waals surface area contributed by atoms with Crippen LogP contribution in [0.1, 0.15) is 124 Å². The van der Waals surface area contributed by atoms with Gasteiger partial charge >= 0.3 is 0 Å². The predicted octanol–water partition coefficient (Wildman–Crippen LogP) is 6.58. The second kappa shape index (κ2) is 15.0. The van der Waals surface area contributed by atoms with E-state index in [9.17, 15) is 0 Å². The highest BCUT2D eigenvalue weighted by molar-refractivity contribution is 4.84. The average molecular weight is 353 g/mol. The van der Waals surface area contributed by atoms with E-state index in [1.165, 1.54) is 96.3 Å². The molecular weight excluding hydrogens is 304 g/mol. The van der Waals surface area contributed by atoms with E-state index in [0.717, 1.165) is 24.2 Å². The summed E-state index contributed by atoms with van der Waals surface area (Å²) < 4.78 is 0. The van der Waals surface area contributed by atoms with Crippen molar-refractivity contribution < 1.29 is 0 Å². The van der Waals surface area contributed by atoms with Gasteiger partial charge in [0.2, 0.25) is 0 Å². The number of nitrogens with one attached hydrogen (secondary N) is 2. The van der Waals surface area contributed by atoms with Crippen molar-refractivity contribution in [3.05, 3.63) is 0 Å². The quantitative estimate of drug-likeness (QED) is 0.414. The summed E-state index contributed by atoms with van der Waals surface area (Å²) in [6, 6.07) is 3.34. The zero-order valence-electron chi connectivity index (χ0n) is 17.9. The first-order valence-corrected chi connectivity index (χ1v) is 11.7. The van der Waals surface area contributed by atoms with Crippen LogP contribution >= 0.6 is 0 Å². The molecule has 2 saturated carbocycles. The molecule has 2 rings (SSSR count). The molecule has 0 saturated heterocycles. The van der Waals surface area contributed by atoms with Crippen molar-refractivity contribution in [2.45, 2.75) is 148 Å². The van der Waals surface area contributed by atoms with E-state index in [1.807, 2.05) is 0 Å². The number of rotatable bonds is 12. The molecule has 0 bridgehead atoms. The Morgan fingerprint density at radius 2 is 0.920 bits per heavy atom. The van der Waals surface area contributed by atoms with E-state index in [0.29, 0.717) is 0 Å². The maximum atomic E-state index is 3.86. The molecule has 0 spiro atoms. The van der Waals surface area contributed by atoms with Crippen LogP contribution in [-0.2, 0) is 0 Å². The van der Waals surface area contributed by atoms with Crippen LogP contribution in [0.2, 0.25) is 0 Å². The van der Waals surface area contributed by atoms with Gasteiger partial charge in [-0.05, 0) is 51.4 Å². The van der Waals surface area contributed by atoms with Crippen LogP contribution in [0.15, 0.2) is 0 Å². The average Bonchev–Trinajstić information content (AvgIpc) is 3.41. The van der Waals surface area contributed by atoms with Gasteiger partial charge in [0, 0.05) is 24.2 Å². The molecule has 0 radical (unpaired) electrons. The highest BCUT2D eigenvalue weighted by atomic mass is 15.0. The Hall–Kier alpha value is -0.0800. The first-order chi connectivity index (χ1) is 12.2. The highest BCUT2D eigenvalue weighted by Crippen LogP contribution is 2.21. The van der Waals surface area contributed by atoms with Crippen LogP contribution in [0.4, 0.5) is 0 Å². The van der Waals surface area contributed by atoms with Crippen LogP contribution in [0.25, 0.3) is 0 Å². The molecule has 0 aromatic carbocycles. The molecule has 0 unspecified atom stereocenters. The van der Waals surface area contributed by atoms with Crippen LogP contribution in [0.3, 0.4) is 0 Å². The lowest BCUT2D eigenvalue weighted by Gasteiger charge is -2.28. The highest BCUT2D eigenvalue weighted by Gasteiger charge is 2.23. The van der Waals surface area contributed by atoms with Crippen LogP contribution < -0.4 is 10.6 Å². The van der Waals surface area contributed by atoms with Gasteiger partial charge in [-0.25, -0.2) is 0 Å². The molecule has 0 heterocycles. The molecule has 0 aromatic heterocycles. The van der Waals surface area contributed by atoms with E-state index >= 15 is 0 Å². The first kappa shape index (κ1) is 23.0. The summed E-state index contributed by atoms with van der Waals surface area (Å²) in [6.45, 7) is 9.14. The molecule has 2 nitrogen and oxygen atoms in total. The summed E-state index contributed by atoms with van der Waals surface area (Å²) >= 11 is 0. The van der Waals surface area contributed by atoms with E-state index in [4.69, 9.17) is 0 Å². The monoisotopic (exact) mass is 352 g/mol. The number of hydrogen-bond acceptors (Lipinski definition) is 2. The molecule has 0 atom stereocenters. The van der Waals surface area contributed by atoms with Crippen molar-refractivity contribution in [3.8, 4) is 0 Å². The lowest BCUT2D eigenvalue weighted by molar-refractivity contribution is 0.316. The van der Waals surface area contributed by atoms with Gasteiger partial charge in [0.25, 0.3) is 0 Å². The Labute approximate surface area is 159 Å². The minimum Gasteiger partial charge on any atom is -0.311 e. The minimum atomic E-state index is 0.799. The van der Waals surface area contributed by atoms with E-state index in [-0.39, 0.29) is 0 Å². The zero-order chi connectivity index (χ0) is 18.3. The third-order valence-corrected chi connectivity index (χ3v) is 5.67. The molecule has 0 amide bonds. The third kappa shape index (κ3) is 12.0. The van der Waals surface area contributed by atoms with Crippen molar-refractivity contribution in [1.82, 2.24) is 10.6 Å². The summed E-state index contributed by atoms with van der Waals surface area (Å²) in [6.07, 6.45) is 20.8. The van der Waals surface area contributed by atoms with Crippen molar-refractivity contribution >= 4 is 0 Å². The summed E-state index contributed by atoms with van der Waals surface area (Å²) in [4.78, 5) is 0. The third-order valence-electron chi connectivity index (χ3n) is 5.67. The fourth-order valence-corrected chi connectivity index (χ4v) is 4.20. The van der Waals surface area contributed by atoms with Gasteiger partial charge in [-0.2, -0.15) is 0 Å². The van der Waals surface area contributed by atoms with Crippen LogP contribution in [0, 0.1) is 0 Å². The van der Waals surface area contributed by atoms with Gasteiger partial charge in [0.15, 0.2) is 0 Å². The summed E-state index contributed by atoms with van der Waals surface area (Å²) in [5.74, 6) is 0. The molecule has 25 heavy (non-hydrogen) atoms. The molecule has 2 fully saturated rings. The molecule has 2 aliphatic carbocycles. The second-order valence-electron chi connectivity index (χ2n) is 8.49. The van der Waals surface area contributed by atoms with Gasteiger partial charge in [-0.3, -0.25) is 0 Å². The van der Waals surface area contributed by atoms with Crippen molar-refractivity contribution in [1.29, 1.82) is 0 Å². The van der Waals surface area contributed by atoms with Gasteiger partial charge in [-0.15, -0.1) is 0 Å². The normalized spacial score (nSPS) is 18.5. The molecule has 2 heteroatoms. The standard InChI is InChI=1S/C13H27N.C10H21N/c1-3-8-12(9-4-2)14-13-10-6-5-7-11-13;1-3-5-9(6-4-2)11-10-7-8-10/h12-14H,3-11H2,1-2H3;9-11H,3-8H2,1-2H3. The SMILES string of the molecule is CCCC(CCC)NC1CC1.CCCC(CCC)NC1CCCCC1. The topological polar surface area (TPSA) is 24.1 Å². The second-order valence-corrected chi connectivity index (χ2v) is 8.49. The molecule has 2 N–H and O–H groups in total. The van der Waals surface area contributed by atoms with Gasteiger partial charge in [-0.1, -0.05) is 72.6 Å². The smallest absolute Gasteiger partial charge is 0.00708 e. The van der Waals surface area contributed by atoms with Gasteiger partial charge < -0.3 is 10.6 Å². The van der Waals surface area contributed by atoms with E-state index < -0.39 is 0 Å². The van der Waals surface area contributed by atoms with Crippen LogP contribution in [-0.4, -0.2) is 24.2 Å². The predicted molar refractivity (Wildman–Crippen MR) is 113 cm³/mol. The van der Waals surface area contributed by atoms with Gasteiger partial charge in [0.05, 0.1) is 0 Å². The van der Waals surface area contributed by atoms with Gasteiger partial charge in [0.1, 0.15) is 0 Å². The summed E-state index contributed by atoms with van der Waals surface area (Å²) in [7, 11) is 0. The molecule has 0 aromatic rings. The maximum Gasteiger partial charge on any atom is 0.00708 e. The Balaban J connectivity index is 0.000000257. The summed E-state index contributed by atoms with van der Waals surface area (Å²) in [5, 5.41) is 7.55. The number of hydrogen-bond donors (Lipinski definition) is 2. The van der Waals surface area contributed by atoms with Crippen molar-refractivity contribution in [2.24, 2.45) is 0 Å². The maximum absolute atomic E-state index is 3.86. The zero-order valence-corrected chi connectivity index (χ0v) is 17.9. The lowest BCUT2D eigenvalue weighted by atomic mass is 9.94. The largest absolute Gasteiger partial charge is 0.311 e. The molecule has 2 aliphatic rings. The van der Waals surface area contributed by atoms with E-state index in [1.54, 1.807) is 0 Å². The molecule has 150 valence electrons. The minimum absolute atomic E-state index is 0.799. The Bertz CT molecular complexity index is 270. The molecular formula is C23H48N2. The Kier molecular flexibility index (Phi) is 13.8. The van der Waals surface area contributed by atoms with E-state index in [2.05, 4.69) is 38.3 Å². The van der Waals surface area contributed by atoms with Crippen LogP contribution in [0.5, 0.6) is 0 Å². The molecule has 0 aliphatic heterocycles.